The summed E-state index contributed by atoms with van der Waals surface area (Å²) in [5, 5.41) is 14.4. The number of hydrogen-bond donors (Lipinski definition) is 3. The SMILES string of the molecule is CS(=O)(=O)CCNCc1ccc(C(N)=NO)cc1. The first kappa shape index (κ1) is 14.5. The Hall–Kier alpha value is -1.60. The third kappa shape index (κ3) is 5.15. The Bertz CT molecular complexity index is 509. The van der Waals surface area contributed by atoms with Crippen molar-refractivity contribution in [2.24, 2.45) is 10.9 Å². The molecule has 0 saturated carbocycles. The highest BCUT2D eigenvalue weighted by Crippen LogP contribution is 2.03. The van der Waals surface area contributed by atoms with Crippen LogP contribution in [0.2, 0.25) is 0 Å². The van der Waals surface area contributed by atoms with Crippen molar-refractivity contribution < 1.29 is 13.6 Å². The summed E-state index contributed by atoms with van der Waals surface area (Å²) in [7, 11) is -2.92. The molecule has 1 aromatic carbocycles. The monoisotopic (exact) mass is 271 g/mol. The van der Waals surface area contributed by atoms with Gasteiger partial charge in [0.25, 0.3) is 0 Å². The van der Waals surface area contributed by atoms with Crippen LogP contribution in [-0.4, -0.2) is 38.0 Å². The first-order valence-corrected chi connectivity index (χ1v) is 7.44. The van der Waals surface area contributed by atoms with Gasteiger partial charge >= 0.3 is 0 Å². The van der Waals surface area contributed by atoms with Gasteiger partial charge in [0.05, 0.1) is 5.75 Å². The van der Waals surface area contributed by atoms with Crippen molar-refractivity contribution in [2.45, 2.75) is 6.54 Å². The fraction of sp³-hybridized carbons (Fsp3) is 0.364. The molecule has 0 fully saturated rings. The predicted molar refractivity (Wildman–Crippen MR) is 70.4 cm³/mol. The topological polar surface area (TPSA) is 105 Å². The molecule has 0 atom stereocenters. The Kier molecular flexibility index (Phi) is 5.11. The fourth-order valence-corrected chi connectivity index (χ4v) is 1.86. The van der Waals surface area contributed by atoms with E-state index in [0.717, 1.165) is 5.56 Å². The van der Waals surface area contributed by atoms with E-state index in [-0.39, 0.29) is 11.6 Å². The molecule has 18 heavy (non-hydrogen) atoms. The molecule has 1 aromatic rings. The fourth-order valence-electron chi connectivity index (χ4n) is 1.34. The van der Waals surface area contributed by atoms with Crippen LogP contribution in [0, 0.1) is 0 Å². The molecule has 0 aliphatic rings. The molecule has 0 aliphatic heterocycles. The van der Waals surface area contributed by atoms with Gasteiger partial charge in [0.2, 0.25) is 0 Å². The van der Waals surface area contributed by atoms with Crippen molar-refractivity contribution in [1.82, 2.24) is 5.32 Å². The second-order valence-electron chi connectivity index (χ2n) is 3.99. The Labute approximate surface area is 106 Å². The molecule has 0 aliphatic carbocycles. The summed E-state index contributed by atoms with van der Waals surface area (Å²) in [6.45, 7) is 0.993. The third-order valence-electron chi connectivity index (χ3n) is 2.34. The number of sulfone groups is 1. The van der Waals surface area contributed by atoms with Gasteiger partial charge in [-0.15, -0.1) is 0 Å². The van der Waals surface area contributed by atoms with E-state index >= 15 is 0 Å². The van der Waals surface area contributed by atoms with Gasteiger partial charge in [-0.1, -0.05) is 29.4 Å². The van der Waals surface area contributed by atoms with Crippen molar-refractivity contribution in [2.75, 3.05) is 18.6 Å². The number of nitrogens with one attached hydrogen (secondary N) is 1. The largest absolute Gasteiger partial charge is 0.409 e. The van der Waals surface area contributed by atoms with Crippen LogP contribution in [0.25, 0.3) is 0 Å². The second-order valence-corrected chi connectivity index (χ2v) is 6.25. The molecule has 0 heterocycles. The van der Waals surface area contributed by atoms with Gasteiger partial charge in [0, 0.05) is 24.9 Å². The second kappa shape index (κ2) is 6.36. The summed E-state index contributed by atoms with van der Waals surface area (Å²) in [6.07, 6.45) is 1.21. The molecule has 6 nitrogen and oxygen atoms in total. The zero-order chi connectivity index (χ0) is 13.6. The van der Waals surface area contributed by atoms with Crippen LogP contribution in [0.4, 0.5) is 0 Å². The molecule has 0 saturated heterocycles. The van der Waals surface area contributed by atoms with Gasteiger partial charge in [0.15, 0.2) is 5.84 Å². The average molecular weight is 271 g/mol. The number of benzene rings is 1. The molecule has 0 radical (unpaired) electrons. The summed E-state index contributed by atoms with van der Waals surface area (Å²) in [5.41, 5.74) is 7.07. The van der Waals surface area contributed by atoms with Gasteiger partial charge < -0.3 is 16.3 Å². The molecule has 100 valence electrons. The highest BCUT2D eigenvalue weighted by molar-refractivity contribution is 7.90. The maximum atomic E-state index is 10.9. The lowest BCUT2D eigenvalue weighted by Gasteiger charge is -2.05. The smallest absolute Gasteiger partial charge is 0.170 e. The number of amidine groups is 1. The van der Waals surface area contributed by atoms with E-state index in [0.29, 0.717) is 18.7 Å². The van der Waals surface area contributed by atoms with Crippen LogP contribution in [0.5, 0.6) is 0 Å². The molecule has 4 N–H and O–H groups in total. The quantitative estimate of drug-likeness (QED) is 0.221. The van der Waals surface area contributed by atoms with Crippen LogP contribution >= 0.6 is 0 Å². The van der Waals surface area contributed by atoms with Gasteiger partial charge in [0.1, 0.15) is 9.84 Å². The van der Waals surface area contributed by atoms with Crippen LogP contribution < -0.4 is 11.1 Å². The summed E-state index contributed by atoms with van der Waals surface area (Å²) >= 11 is 0. The molecule has 0 unspecified atom stereocenters. The van der Waals surface area contributed by atoms with E-state index in [1.54, 1.807) is 12.1 Å². The van der Waals surface area contributed by atoms with Crippen LogP contribution in [0.15, 0.2) is 29.4 Å². The van der Waals surface area contributed by atoms with Crippen molar-refractivity contribution in [3.8, 4) is 0 Å². The minimum absolute atomic E-state index is 0.0617. The van der Waals surface area contributed by atoms with Gasteiger partial charge in [-0.2, -0.15) is 0 Å². The van der Waals surface area contributed by atoms with E-state index in [1.165, 1.54) is 6.26 Å². The first-order valence-electron chi connectivity index (χ1n) is 5.37. The standard InChI is InChI=1S/C11H17N3O3S/c1-18(16,17)7-6-13-8-9-2-4-10(5-3-9)11(12)14-15/h2-5,13,15H,6-8H2,1H3,(H2,12,14). The summed E-state index contributed by atoms with van der Waals surface area (Å²) in [6, 6.07) is 7.15. The Morgan fingerprint density at radius 3 is 2.50 bits per heavy atom. The molecule has 0 spiro atoms. The van der Waals surface area contributed by atoms with Crippen LogP contribution in [-0.2, 0) is 16.4 Å². The average Bonchev–Trinajstić information content (AvgIpc) is 2.33. The third-order valence-corrected chi connectivity index (χ3v) is 3.28. The number of oxime groups is 1. The highest BCUT2D eigenvalue weighted by Gasteiger charge is 2.02. The van der Waals surface area contributed by atoms with Crippen molar-refractivity contribution >= 4 is 15.7 Å². The van der Waals surface area contributed by atoms with Crippen LogP contribution in [0.1, 0.15) is 11.1 Å². The lowest BCUT2D eigenvalue weighted by atomic mass is 10.1. The summed E-state index contributed by atoms with van der Waals surface area (Å²) < 4.78 is 21.8. The van der Waals surface area contributed by atoms with E-state index in [2.05, 4.69) is 10.5 Å². The van der Waals surface area contributed by atoms with E-state index < -0.39 is 9.84 Å². The Morgan fingerprint density at radius 2 is 2.00 bits per heavy atom. The molecular formula is C11H17N3O3S. The normalized spacial score (nSPS) is 12.6. The zero-order valence-corrected chi connectivity index (χ0v) is 10.9. The number of nitrogens with two attached hydrogens (primary N) is 1. The van der Waals surface area contributed by atoms with Gasteiger partial charge in [-0.25, -0.2) is 8.42 Å². The van der Waals surface area contributed by atoms with Crippen molar-refractivity contribution in [3.63, 3.8) is 0 Å². The number of hydrogen-bond acceptors (Lipinski definition) is 5. The predicted octanol–water partition coefficient (Wildman–Crippen LogP) is -0.0847. The van der Waals surface area contributed by atoms with E-state index in [9.17, 15) is 8.42 Å². The summed E-state index contributed by atoms with van der Waals surface area (Å²) in [5.74, 6) is 0.182. The first-order chi connectivity index (χ1) is 8.42. The van der Waals surface area contributed by atoms with E-state index in [4.69, 9.17) is 10.9 Å². The van der Waals surface area contributed by atoms with Crippen molar-refractivity contribution in [1.29, 1.82) is 0 Å². The Morgan fingerprint density at radius 1 is 1.39 bits per heavy atom. The van der Waals surface area contributed by atoms with Crippen LogP contribution in [0.3, 0.4) is 0 Å². The van der Waals surface area contributed by atoms with Crippen molar-refractivity contribution in [3.05, 3.63) is 35.4 Å². The maximum absolute atomic E-state index is 10.9. The molecule has 1 rings (SSSR count). The number of rotatable bonds is 6. The summed E-state index contributed by atoms with van der Waals surface area (Å²) in [4.78, 5) is 0. The molecule has 0 bridgehead atoms. The number of nitrogens with zero attached hydrogens (tertiary/aromatic N) is 1. The lowest BCUT2D eigenvalue weighted by molar-refractivity contribution is 0.318. The Balaban J connectivity index is 2.45. The molecule has 0 amide bonds. The minimum atomic E-state index is -2.92. The molecular weight excluding hydrogens is 254 g/mol. The maximum Gasteiger partial charge on any atom is 0.170 e. The van der Waals surface area contributed by atoms with Gasteiger partial charge in [-0.05, 0) is 5.56 Å². The van der Waals surface area contributed by atoms with Gasteiger partial charge in [-0.3, -0.25) is 0 Å². The zero-order valence-electron chi connectivity index (χ0n) is 10.1. The molecule has 7 heteroatoms. The lowest BCUT2D eigenvalue weighted by Crippen LogP contribution is -2.22. The minimum Gasteiger partial charge on any atom is -0.409 e. The van der Waals surface area contributed by atoms with E-state index in [1.807, 2.05) is 12.1 Å². The molecule has 0 aromatic heterocycles. The highest BCUT2D eigenvalue weighted by atomic mass is 32.2.